The van der Waals surface area contributed by atoms with Crippen LogP contribution in [-0.2, 0) is 10.0 Å². The van der Waals surface area contributed by atoms with Crippen LogP contribution in [-0.4, -0.2) is 55.1 Å². The van der Waals surface area contributed by atoms with E-state index in [4.69, 9.17) is 5.11 Å². The molecule has 0 radical (unpaired) electrons. The van der Waals surface area contributed by atoms with Gasteiger partial charge < -0.3 is 15.0 Å². The smallest absolute Gasteiger partial charge is 0.352 e. The summed E-state index contributed by atoms with van der Waals surface area (Å²) in [6.07, 6.45) is 4.73. The van der Waals surface area contributed by atoms with Gasteiger partial charge in [0.05, 0.1) is 0 Å². The Morgan fingerprint density at radius 3 is 2.67 bits per heavy atom. The first-order chi connectivity index (χ1) is 9.88. The molecule has 3 N–H and O–H groups in total. The standard InChI is InChI=1S/C13H21N3O4S/c1-10(9-16-5-3-2-4-6-16)15-21(19,20)11-7-12(13(17)18)14-8-11/h7-8,10,14-15H,2-6,9H2,1H3,(H,17,18). The number of carboxylic acids is 1. The molecule has 0 aromatic carbocycles. The number of likely N-dealkylation sites (tertiary alicyclic amines) is 1. The number of aromatic carboxylic acids is 1. The third kappa shape index (κ3) is 4.29. The van der Waals surface area contributed by atoms with E-state index in [0.29, 0.717) is 6.54 Å². The van der Waals surface area contributed by atoms with Crippen molar-refractivity contribution in [2.75, 3.05) is 19.6 Å². The van der Waals surface area contributed by atoms with E-state index >= 15 is 0 Å². The fourth-order valence-electron chi connectivity index (χ4n) is 2.55. The maximum atomic E-state index is 12.2. The minimum Gasteiger partial charge on any atom is -0.477 e. The number of piperidine rings is 1. The third-order valence-electron chi connectivity index (χ3n) is 3.53. The molecule has 1 aliphatic heterocycles. The number of sulfonamides is 1. The first-order valence-corrected chi connectivity index (χ1v) is 8.53. The van der Waals surface area contributed by atoms with E-state index in [1.807, 2.05) is 6.92 Å². The van der Waals surface area contributed by atoms with E-state index in [0.717, 1.165) is 32.0 Å². The fraction of sp³-hybridized carbons (Fsp3) is 0.615. The summed E-state index contributed by atoms with van der Waals surface area (Å²) in [6, 6.07) is 0.898. The Labute approximate surface area is 124 Å². The van der Waals surface area contributed by atoms with E-state index in [1.165, 1.54) is 12.6 Å². The van der Waals surface area contributed by atoms with Crippen LogP contribution < -0.4 is 4.72 Å². The summed E-state index contributed by atoms with van der Waals surface area (Å²) in [6.45, 7) is 4.48. The Morgan fingerprint density at radius 2 is 2.10 bits per heavy atom. The zero-order valence-electron chi connectivity index (χ0n) is 12.0. The highest BCUT2D eigenvalue weighted by atomic mass is 32.2. The fourth-order valence-corrected chi connectivity index (χ4v) is 3.78. The Morgan fingerprint density at radius 1 is 1.43 bits per heavy atom. The van der Waals surface area contributed by atoms with Crippen molar-refractivity contribution in [3.63, 3.8) is 0 Å². The summed E-state index contributed by atoms with van der Waals surface area (Å²) in [5.41, 5.74) is -0.140. The number of aromatic nitrogens is 1. The van der Waals surface area contributed by atoms with E-state index < -0.39 is 16.0 Å². The molecule has 118 valence electrons. The van der Waals surface area contributed by atoms with Gasteiger partial charge in [-0.15, -0.1) is 0 Å². The molecular formula is C13H21N3O4S. The highest BCUT2D eigenvalue weighted by Gasteiger charge is 2.22. The van der Waals surface area contributed by atoms with Crippen LogP contribution in [0.1, 0.15) is 36.7 Å². The zero-order valence-corrected chi connectivity index (χ0v) is 12.8. The van der Waals surface area contributed by atoms with E-state index in [2.05, 4.69) is 14.6 Å². The molecule has 21 heavy (non-hydrogen) atoms. The molecule has 1 aromatic heterocycles. The maximum Gasteiger partial charge on any atom is 0.352 e. The zero-order chi connectivity index (χ0) is 15.5. The first-order valence-electron chi connectivity index (χ1n) is 7.05. The van der Waals surface area contributed by atoms with Gasteiger partial charge in [0, 0.05) is 18.8 Å². The summed E-state index contributed by atoms with van der Waals surface area (Å²) >= 11 is 0. The van der Waals surface area contributed by atoms with Crippen molar-refractivity contribution in [3.8, 4) is 0 Å². The molecule has 0 bridgehead atoms. The quantitative estimate of drug-likeness (QED) is 0.723. The van der Waals surface area contributed by atoms with Crippen LogP contribution in [0.2, 0.25) is 0 Å². The van der Waals surface area contributed by atoms with E-state index in [-0.39, 0.29) is 16.6 Å². The Bertz CT molecular complexity index is 590. The van der Waals surface area contributed by atoms with Gasteiger partial charge in [-0.2, -0.15) is 0 Å². The lowest BCUT2D eigenvalue weighted by molar-refractivity contribution is 0.0691. The number of H-pyrrole nitrogens is 1. The van der Waals surface area contributed by atoms with Crippen molar-refractivity contribution in [3.05, 3.63) is 18.0 Å². The lowest BCUT2D eigenvalue weighted by Gasteiger charge is -2.29. The van der Waals surface area contributed by atoms with Gasteiger partial charge in [-0.05, 0) is 38.9 Å². The van der Waals surface area contributed by atoms with Crippen LogP contribution in [0.15, 0.2) is 17.2 Å². The van der Waals surface area contributed by atoms with Gasteiger partial charge >= 0.3 is 5.97 Å². The maximum absolute atomic E-state index is 12.2. The summed E-state index contributed by atoms with van der Waals surface area (Å²) in [5, 5.41) is 8.81. The van der Waals surface area contributed by atoms with Gasteiger partial charge in [0.1, 0.15) is 10.6 Å². The van der Waals surface area contributed by atoms with Gasteiger partial charge in [0.25, 0.3) is 0 Å². The number of hydrogen-bond acceptors (Lipinski definition) is 4. The Balaban J connectivity index is 1.97. The predicted octanol–water partition coefficient (Wildman–Crippen LogP) is 0.866. The van der Waals surface area contributed by atoms with Gasteiger partial charge in [0.2, 0.25) is 10.0 Å². The largest absolute Gasteiger partial charge is 0.477 e. The second-order valence-electron chi connectivity index (χ2n) is 5.44. The second-order valence-corrected chi connectivity index (χ2v) is 7.15. The highest BCUT2D eigenvalue weighted by Crippen LogP contribution is 2.13. The van der Waals surface area contributed by atoms with Crippen LogP contribution in [0.5, 0.6) is 0 Å². The topological polar surface area (TPSA) is 103 Å². The molecule has 2 heterocycles. The Hall–Kier alpha value is -1.38. The number of rotatable bonds is 6. The van der Waals surface area contributed by atoms with Crippen molar-refractivity contribution in [1.82, 2.24) is 14.6 Å². The number of carboxylic acid groups (broad SMARTS) is 1. The molecule has 7 nitrogen and oxygen atoms in total. The number of nitrogens with one attached hydrogen (secondary N) is 2. The first kappa shape index (κ1) is 16.0. The average Bonchev–Trinajstić information content (AvgIpc) is 2.89. The molecular weight excluding hydrogens is 294 g/mol. The molecule has 1 fully saturated rings. The van der Waals surface area contributed by atoms with E-state index in [9.17, 15) is 13.2 Å². The highest BCUT2D eigenvalue weighted by molar-refractivity contribution is 7.89. The second kappa shape index (κ2) is 6.59. The van der Waals surface area contributed by atoms with Crippen LogP contribution in [0.25, 0.3) is 0 Å². The Kier molecular flexibility index (Phi) is 5.02. The van der Waals surface area contributed by atoms with Crippen molar-refractivity contribution >= 4 is 16.0 Å². The number of aromatic amines is 1. The lowest BCUT2D eigenvalue weighted by atomic mass is 10.1. The summed E-state index contributed by atoms with van der Waals surface area (Å²) in [4.78, 5) is 15.4. The molecule has 0 spiro atoms. The van der Waals surface area contributed by atoms with Gasteiger partial charge in [-0.25, -0.2) is 17.9 Å². The third-order valence-corrected chi connectivity index (χ3v) is 5.10. The minimum absolute atomic E-state index is 0.0506. The van der Waals surface area contributed by atoms with Crippen LogP contribution in [0.3, 0.4) is 0 Å². The van der Waals surface area contributed by atoms with E-state index in [1.54, 1.807) is 0 Å². The SMILES string of the molecule is CC(CN1CCCCC1)NS(=O)(=O)c1c[nH]c(C(=O)O)c1. The molecule has 0 saturated carbocycles. The predicted molar refractivity (Wildman–Crippen MR) is 77.8 cm³/mol. The molecule has 0 aliphatic carbocycles. The van der Waals surface area contributed by atoms with Crippen LogP contribution in [0, 0.1) is 0 Å². The number of carbonyl (C=O) groups is 1. The molecule has 1 atom stereocenters. The molecule has 1 aromatic rings. The average molecular weight is 315 g/mol. The van der Waals surface area contributed by atoms with Crippen molar-refractivity contribution in [2.24, 2.45) is 0 Å². The van der Waals surface area contributed by atoms with Gasteiger partial charge in [0.15, 0.2) is 0 Å². The van der Waals surface area contributed by atoms with Gasteiger partial charge in [-0.1, -0.05) is 6.42 Å². The summed E-state index contributed by atoms with van der Waals surface area (Å²) in [7, 11) is -3.69. The van der Waals surface area contributed by atoms with Crippen LogP contribution in [0.4, 0.5) is 0 Å². The molecule has 2 rings (SSSR count). The van der Waals surface area contributed by atoms with Crippen molar-refractivity contribution < 1.29 is 18.3 Å². The minimum atomic E-state index is -3.69. The molecule has 8 heteroatoms. The molecule has 0 amide bonds. The number of nitrogens with zero attached hydrogens (tertiary/aromatic N) is 1. The monoisotopic (exact) mass is 315 g/mol. The number of hydrogen-bond donors (Lipinski definition) is 3. The molecule has 1 saturated heterocycles. The molecule has 1 unspecified atom stereocenters. The van der Waals surface area contributed by atoms with Crippen molar-refractivity contribution in [1.29, 1.82) is 0 Å². The molecule has 1 aliphatic rings. The summed E-state index contributed by atoms with van der Waals surface area (Å²) < 4.78 is 26.9. The van der Waals surface area contributed by atoms with Crippen molar-refractivity contribution in [2.45, 2.75) is 37.1 Å². The summed E-state index contributed by atoms with van der Waals surface area (Å²) in [5.74, 6) is -1.18. The van der Waals surface area contributed by atoms with Crippen LogP contribution >= 0.6 is 0 Å². The lowest BCUT2D eigenvalue weighted by Crippen LogP contribution is -2.43. The normalized spacial score (nSPS) is 18.5. The van der Waals surface area contributed by atoms with Gasteiger partial charge in [-0.3, -0.25) is 0 Å².